The fourth-order valence-corrected chi connectivity index (χ4v) is 1.85. The summed E-state index contributed by atoms with van der Waals surface area (Å²) < 4.78 is 15.4. The third-order valence-electron chi connectivity index (χ3n) is 3.06. The number of amidine groups is 1. The van der Waals surface area contributed by atoms with Crippen LogP contribution in [-0.4, -0.2) is 20.6 Å². The molecule has 0 bridgehead atoms. The van der Waals surface area contributed by atoms with E-state index in [4.69, 9.17) is 10.9 Å². The predicted molar refractivity (Wildman–Crippen MR) is 69.7 cm³/mol. The van der Waals surface area contributed by atoms with Gasteiger partial charge in [0.15, 0.2) is 5.84 Å². The fraction of sp³-hybridized carbons (Fsp3) is 0.231. The average molecular weight is 262 g/mol. The van der Waals surface area contributed by atoms with Gasteiger partial charge in [0, 0.05) is 17.8 Å². The van der Waals surface area contributed by atoms with E-state index in [2.05, 4.69) is 10.1 Å². The molecule has 0 saturated carbocycles. The summed E-state index contributed by atoms with van der Waals surface area (Å²) in [6.45, 7) is 4.35. The van der Waals surface area contributed by atoms with E-state index in [1.807, 2.05) is 18.4 Å². The van der Waals surface area contributed by atoms with Crippen LogP contribution < -0.4 is 5.73 Å². The molecule has 2 aromatic rings. The molecule has 5 nitrogen and oxygen atoms in total. The van der Waals surface area contributed by atoms with Crippen molar-refractivity contribution in [2.45, 2.75) is 20.4 Å². The summed E-state index contributed by atoms with van der Waals surface area (Å²) >= 11 is 0. The van der Waals surface area contributed by atoms with E-state index in [9.17, 15) is 4.39 Å². The van der Waals surface area contributed by atoms with Crippen molar-refractivity contribution in [3.63, 3.8) is 0 Å². The summed E-state index contributed by atoms with van der Waals surface area (Å²) in [5.41, 5.74) is 8.51. The van der Waals surface area contributed by atoms with E-state index in [-0.39, 0.29) is 5.84 Å². The average Bonchev–Trinajstić information content (AvgIpc) is 2.69. The van der Waals surface area contributed by atoms with Crippen LogP contribution in [0.1, 0.15) is 22.5 Å². The number of benzene rings is 1. The Morgan fingerprint density at radius 3 is 2.74 bits per heavy atom. The van der Waals surface area contributed by atoms with Crippen LogP contribution in [0.4, 0.5) is 4.39 Å². The Balaban J connectivity index is 2.35. The molecule has 1 heterocycles. The molecule has 2 rings (SSSR count). The number of oxime groups is 1. The van der Waals surface area contributed by atoms with Crippen LogP contribution >= 0.6 is 0 Å². The molecule has 1 aromatic carbocycles. The second-order valence-corrected chi connectivity index (χ2v) is 4.38. The number of aromatic nitrogens is 2. The van der Waals surface area contributed by atoms with Gasteiger partial charge in [0.1, 0.15) is 5.82 Å². The van der Waals surface area contributed by atoms with Crippen LogP contribution in [0.3, 0.4) is 0 Å². The molecule has 0 fully saturated rings. The van der Waals surface area contributed by atoms with Gasteiger partial charge in [-0.1, -0.05) is 5.16 Å². The Morgan fingerprint density at radius 2 is 2.16 bits per heavy atom. The van der Waals surface area contributed by atoms with Crippen LogP contribution in [0.2, 0.25) is 0 Å². The topological polar surface area (TPSA) is 76.4 Å². The maximum absolute atomic E-state index is 13.5. The molecule has 0 amide bonds. The molecule has 3 N–H and O–H groups in total. The van der Waals surface area contributed by atoms with Gasteiger partial charge < -0.3 is 15.5 Å². The van der Waals surface area contributed by atoms with E-state index in [1.54, 1.807) is 12.4 Å². The molecule has 0 spiro atoms. The Morgan fingerprint density at radius 1 is 1.42 bits per heavy atom. The van der Waals surface area contributed by atoms with Gasteiger partial charge in [-0.25, -0.2) is 9.37 Å². The lowest BCUT2D eigenvalue weighted by Crippen LogP contribution is -2.14. The number of nitrogens with two attached hydrogens (primary N) is 1. The Kier molecular flexibility index (Phi) is 3.50. The van der Waals surface area contributed by atoms with Crippen molar-refractivity contribution < 1.29 is 9.60 Å². The lowest BCUT2D eigenvalue weighted by molar-refractivity contribution is 0.318. The minimum Gasteiger partial charge on any atom is -0.409 e. The fourth-order valence-electron chi connectivity index (χ4n) is 1.85. The van der Waals surface area contributed by atoms with Crippen LogP contribution in [0, 0.1) is 19.7 Å². The summed E-state index contributed by atoms with van der Waals surface area (Å²) in [5, 5.41) is 11.5. The highest BCUT2D eigenvalue weighted by Crippen LogP contribution is 2.13. The lowest BCUT2D eigenvalue weighted by atomic mass is 10.1. The number of aryl methyl sites for hydroxylation is 1. The minimum atomic E-state index is -0.423. The van der Waals surface area contributed by atoms with Crippen molar-refractivity contribution in [1.29, 1.82) is 0 Å². The number of nitrogens with zero attached hydrogens (tertiary/aromatic N) is 3. The van der Waals surface area contributed by atoms with Crippen molar-refractivity contribution in [3.8, 4) is 0 Å². The molecular weight excluding hydrogens is 247 g/mol. The predicted octanol–water partition coefficient (Wildman–Crippen LogP) is 1.78. The normalized spacial score (nSPS) is 11.8. The van der Waals surface area contributed by atoms with Crippen LogP contribution in [0.5, 0.6) is 0 Å². The van der Waals surface area contributed by atoms with Crippen LogP contribution in [0.25, 0.3) is 0 Å². The molecule has 1 aromatic heterocycles. The number of halogens is 1. The molecule has 0 radical (unpaired) electrons. The van der Waals surface area contributed by atoms with Gasteiger partial charge in [0.05, 0.1) is 12.0 Å². The molecule has 0 unspecified atom stereocenters. The summed E-state index contributed by atoms with van der Waals surface area (Å²) in [7, 11) is 0. The zero-order valence-electron chi connectivity index (χ0n) is 10.8. The molecule has 0 aliphatic carbocycles. The van der Waals surface area contributed by atoms with Crippen molar-refractivity contribution in [2.75, 3.05) is 0 Å². The molecule has 0 aliphatic rings. The van der Waals surface area contributed by atoms with E-state index < -0.39 is 5.82 Å². The van der Waals surface area contributed by atoms with Crippen LogP contribution in [0.15, 0.2) is 29.7 Å². The zero-order chi connectivity index (χ0) is 14.0. The van der Waals surface area contributed by atoms with Gasteiger partial charge in [-0.05, 0) is 37.6 Å². The Bertz CT molecular complexity index is 634. The first kappa shape index (κ1) is 13.1. The maximum atomic E-state index is 13.5. The number of rotatable bonds is 3. The second kappa shape index (κ2) is 5.09. The van der Waals surface area contributed by atoms with Gasteiger partial charge in [-0.3, -0.25) is 0 Å². The third-order valence-corrected chi connectivity index (χ3v) is 3.06. The molecule has 19 heavy (non-hydrogen) atoms. The Hall–Kier alpha value is -2.37. The summed E-state index contributed by atoms with van der Waals surface area (Å²) in [6.07, 6.45) is 1.71. The second-order valence-electron chi connectivity index (χ2n) is 4.38. The molecule has 0 aliphatic heterocycles. The number of hydrogen-bond acceptors (Lipinski definition) is 3. The van der Waals surface area contributed by atoms with E-state index in [0.717, 1.165) is 17.0 Å². The third kappa shape index (κ3) is 2.73. The summed E-state index contributed by atoms with van der Waals surface area (Å²) in [5.74, 6) is -0.534. The van der Waals surface area contributed by atoms with Gasteiger partial charge in [0.2, 0.25) is 0 Å². The number of hydrogen-bond donors (Lipinski definition) is 2. The van der Waals surface area contributed by atoms with Crippen molar-refractivity contribution >= 4 is 5.84 Å². The first-order chi connectivity index (χ1) is 9.01. The highest BCUT2D eigenvalue weighted by atomic mass is 19.1. The van der Waals surface area contributed by atoms with Crippen LogP contribution in [-0.2, 0) is 6.54 Å². The maximum Gasteiger partial charge on any atom is 0.170 e. The molecule has 100 valence electrons. The summed E-state index contributed by atoms with van der Waals surface area (Å²) in [6, 6.07) is 4.33. The zero-order valence-corrected chi connectivity index (χ0v) is 10.8. The molecule has 0 saturated heterocycles. The van der Waals surface area contributed by atoms with Gasteiger partial charge in [0.25, 0.3) is 0 Å². The van der Waals surface area contributed by atoms with Crippen molar-refractivity contribution in [2.24, 2.45) is 10.9 Å². The van der Waals surface area contributed by atoms with Crippen molar-refractivity contribution in [1.82, 2.24) is 9.55 Å². The minimum absolute atomic E-state index is 0.112. The largest absolute Gasteiger partial charge is 0.409 e. The Labute approximate surface area is 110 Å². The highest BCUT2D eigenvalue weighted by Gasteiger charge is 2.07. The smallest absolute Gasteiger partial charge is 0.170 e. The summed E-state index contributed by atoms with van der Waals surface area (Å²) in [4.78, 5) is 4.19. The van der Waals surface area contributed by atoms with Gasteiger partial charge in [-0.2, -0.15) is 0 Å². The lowest BCUT2D eigenvalue weighted by Gasteiger charge is -2.08. The van der Waals surface area contributed by atoms with E-state index in [0.29, 0.717) is 12.1 Å². The molecular formula is C13H15FN4O. The van der Waals surface area contributed by atoms with Gasteiger partial charge in [-0.15, -0.1) is 0 Å². The SMILES string of the molecule is Cc1ncn(Cc2cc(F)cc(/C(N)=N/O)c2)c1C. The number of imidazole rings is 1. The van der Waals surface area contributed by atoms with Crippen molar-refractivity contribution in [3.05, 3.63) is 52.9 Å². The van der Waals surface area contributed by atoms with E-state index >= 15 is 0 Å². The van der Waals surface area contributed by atoms with E-state index in [1.165, 1.54) is 12.1 Å². The van der Waals surface area contributed by atoms with Gasteiger partial charge >= 0.3 is 0 Å². The molecule has 0 atom stereocenters. The molecule has 6 heteroatoms. The monoisotopic (exact) mass is 262 g/mol. The standard InChI is InChI=1S/C13H15FN4O/c1-8-9(2)18(7-16-8)6-10-3-11(13(15)17-19)5-12(14)4-10/h3-5,7,19H,6H2,1-2H3,(H2,15,17). The first-order valence-corrected chi connectivity index (χ1v) is 5.77. The highest BCUT2D eigenvalue weighted by molar-refractivity contribution is 5.97. The quantitative estimate of drug-likeness (QED) is 0.383. The first-order valence-electron chi connectivity index (χ1n) is 5.77.